The molecule has 3 N–H and O–H groups in total. The smallest absolute Gasteiger partial charge is 0.220 e. The van der Waals surface area contributed by atoms with Gasteiger partial charge in [0, 0.05) is 6.42 Å². The van der Waals surface area contributed by atoms with Gasteiger partial charge in [0.05, 0.1) is 18.8 Å². The Labute approximate surface area is 346 Å². The topological polar surface area (TPSA) is 69.6 Å². The molecule has 0 aromatic rings. The maximum absolute atomic E-state index is 12.4. The molecule has 56 heavy (non-hydrogen) atoms. The van der Waals surface area contributed by atoms with Gasteiger partial charge in [-0.05, 0) is 103 Å². The molecule has 0 saturated heterocycles. The molecule has 1 amide bonds. The van der Waals surface area contributed by atoms with Gasteiger partial charge >= 0.3 is 0 Å². The highest BCUT2D eigenvalue weighted by Crippen LogP contribution is 2.11. The van der Waals surface area contributed by atoms with Crippen LogP contribution < -0.4 is 5.32 Å². The van der Waals surface area contributed by atoms with Gasteiger partial charge in [0.1, 0.15) is 0 Å². The van der Waals surface area contributed by atoms with E-state index in [-0.39, 0.29) is 12.5 Å². The van der Waals surface area contributed by atoms with Crippen LogP contribution in [0.1, 0.15) is 181 Å². The lowest BCUT2D eigenvalue weighted by molar-refractivity contribution is -0.123. The summed E-state index contributed by atoms with van der Waals surface area (Å²) in [6.45, 7) is 4.15. The standard InChI is InChI=1S/C52H85NO3/c1-3-5-7-9-11-13-15-17-19-21-23-24-25-26-27-28-30-32-34-36-38-40-42-44-46-48-52(56)53-50(49-54)51(55)47-45-43-41-39-37-35-33-31-29-22-20-18-16-14-12-10-8-6-4-2/h5,7,11,13,17,19,23-24,26-27,29-32,36-39,45,47,50-51,54-55H,3-4,6,8-10,12,14-16,18,20-22,25,28,33-35,40-44,46,48-49H2,1-2H3,(H,53,56)/b7-5-,13-11-,19-17-,24-23-,27-26-,31-29+,32-30-,38-36-,39-37+,47-45+. The van der Waals surface area contributed by atoms with Gasteiger partial charge in [0.15, 0.2) is 0 Å². The van der Waals surface area contributed by atoms with Crippen molar-refractivity contribution >= 4 is 5.91 Å². The Kier molecular flexibility index (Phi) is 43.5. The van der Waals surface area contributed by atoms with Crippen LogP contribution in [0.2, 0.25) is 0 Å². The van der Waals surface area contributed by atoms with Crippen LogP contribution in [0.5, 0.6) is 0 Å². The predicted octanol–water partition coefficient (Wildman–Crippen LogP) is 14.6. The van der Waals surface area contributed by atoms with Crippen LogP contribution in [0.4, 0.5) is 0 Å². The molecule has 0 heterocycles. The number of hydrogen-bond acceptors (Lipinski definition) is 3. The number of aliphatic hydroxyl groups excluding tert-OH is 2. The third kappa shape index (κ3) is 41.9. The Morgan fingerprint density at radius 3 is 1.25 bits per heavy atom. The molecule has 0 spiro atoms. The molecule has 0 radical (unpaired) electrons. The number of carbonyl (C=O) groups excluding carboxylic acids is 1. The number of aliphatic hydroxyl groups is 2. The highest BCUT2D eigenvalue weighted by molar-refractivity contribution is 5.76. The SMILES string of the molecule is CC/C=C\C/C=C\C/C=C\C/C=C\C/C=C\C/C=C\C/C=C\CCCCCC(=O)NC(CO)C(O)/C=C/CC/C=C/CC/C=C/CCCCCCCCCCC. The minimum atomic E-state index is -0.893. The molecule has 316 valence electrons. The first kappa shape index (κ1) is 52.8. The van der Waals surface area contributed by atoms with E-state index in [0.717, 1.165) is 96.3 Å². The quantitative estimate of drug-likeness (QED) is 0.0430. The van der Waals surface area contributed by atoms with Crippen molar-refractivity contribution in [2.24, 2.45) is 0 Å². The number of carbonyl (C=O) groups is 1. The molecule has 4 heteroatoms. The molecule has 0 aromatic carbocycles. The van der Waals surface area contributed by atoms with Crippen LogP contribution in [0.15, 0.2) is 122 Å². The van der Waals surface area contributed by atoms with Gasteiger partial charge < -0.3 is 15.5 Å². The normalized spacial score (nSPS) is 14.1. The van der Waals surface area contributed by atoms with E-state index in [4.69, 9.17) is 0 Å². The highest BCUT2D eigenvalue weighted by atomic mass is 16.3. The molecule has 0 fully saturated rings. The largest absolute Gasteiger partial charge is 0.394 e. The molecular formula is C52H85NO3. The molecular weight excluding hydrogens is 687 g/mol. The lowest BCUT2D eigenvalue weighted by Crippen LogP contribution is -2.45. The maximum Gasteiger partial charge on any atom is 0.220 e. The van der Waals surface area contributed by atoms with Gasteiger partial charge in [-0.15, -0.1) is 0 Å². The summed E-state index contributed by atoms with van der Waals surface area (Å²) in [6, 6.07) is -0.673. The Hall–Kier alpha value is -3.21. The highest BCUT2D eigenvalue weighted by Gasteiger charge is 2.17. The second-order valence-corrected chi connectivity index (χ2v) is 14.7. The third-order valence-corrected chi connectivity index (χ3v) is 9.41. The van der Waals surface area contributed by atoms with E-state index in [1.807, 2.05) is 6.08 Å². The van der Waals surface area contributed by atoms with E-state index in [0.29, 0.717) is 6.42 Å². The summed E-state index contributed by atoms with van der Waals surface area (Å²) in [7, 11) is 0. The fourth-order valence-electron chi connectivity index (χ4n) is 5.95. The van der Waals surface area contributed by atoms with Gasteiger partial charge in [-0.1, -0.05) is 193 Å². The Balaban J connectivity index is 3.79. The minimum Gasteiger partial charge on any atom is -0.394 e. The van der Waals surface area contributed by atoms with E-state index in [2.05, 4.69) is 129 Å². The van der Waals surface area contributed by atoms with Gasteiger partial charge in [-0.25, -0.2) is 0 Å². The van der Waals surface area contributed by atoms with Crippen molar-refractivity contribution in [3.63, 3.8) is 0 Å². The summed E-state index contributed by atoms with van der Waals surface area (Å²) in [6.07, 6.45) is 71.6. The molecule has 0 saturated carbocycles. The third-order valence-electron chi connectivity index (χ3n) is 9.41. The van der Waals surface area contributed by atoms with E-state index < -0.39 is 12.1 Å². The van der Waals surface area contributed by atoms with Crippen LogP contribution in [0.25, 0.3) is 0 Å². The minimum absolute atomic E-state index is 0.116. The first-order chi connectivity index (χ1) is 27.7. The van der Waals surface area contributed by atoms with Crippen LogP contribution in [0, 0.1) is 0 Å². The lowest BCUT2D eigenvalue weighted by atomic mass is 10.1. The average Bonchev–Trinajstić information content (AvgIpc) is 3.20. The first-order valence-electron chi connectivity index (χ1n) is 22.7. The number of nitrogens with one attached hydrogen (secondary N) is 1. The summed E-state index contributed by atoms with van der Waals surface area (Å²) >= 11 is 0. The Bertz CT molecular complexity index is 1150. The van der Waals surface area contributed by atoms with Crippen molar-refractivity contribution in [2.75, 3.05) is 6.61 Å². The summed E-state index contributed by atoms with van der Waals surface area (Å²) in [5.74, 6) is -0.116. The van der Waals surface area contributed by atoms with Gasteiger partial charge in [-0.3, -0.25) is 4.79 Å². The number of rotatable bonds is 39. The van der Waals surface area contributed by atoms with E-state index in [9.17, 15) is 15.0 Å². The maximum atomic E-state index is 12.4. The number of allylic oxidation sites excluding steroid dienone is 19. The average molecular weight is 772 g/mol. The summed E-state index contributed by atoms with van der Waals surface area (Å²) < 4.78 is 0. The van der Waals surface area contributed by atoms with Gasteiger partial charge in [0.2, 0.25) is 5.91 Å². The molecule has 0 aliphatic carbocycles. The van der Waals surface area contributed by atoms with Crippen LogP contribution in [-0.4, -0.2) is 34.9 Å². The molecule has 2 atom stereocenters. The summed E-state index contributed by atoms with van der Waals surface area (Å²) in [5.41, 5.74) is 0. The molecule has 0 rings (SSSR count). The van der Waals surface area contributed by atoms with Crippen molar-refractivity contribution in [1.29, 1.82) is 0 Å². The molecule has 0 aromatic heterocycles. The Morgan fingerprint density at radius 2 is 0.804 bits per heavy atom. The molecule has 2 unspecified atom stereocenters. The van der Waals surface area contributed by atoms with E-state index in [1.54, 1.807) is 6.08 Å². The van der Waals surface area contributed by atoms with Crippen LogP contribution in [0.3, 0.4) is 0 Å². The molecule has 0 bridgehead atoms. The van der Waals surface area contributed by atoms with Crippen molar-refractivity contribution in [3.8, 4) is 0 Å². The van der Waals surface area contributed by atoms with E-state index >= 15 is 0 Å². The molecule has 0 aliphatic rings. The Morgan fingerprint density at radius 1 is 0.446 bits per heavy atom. The van der Waals surface area contributed by atoms with Crippen molar-refractivity contribution in [1.82, 2.24) is 5.32 Å². The second-order valence-electron chi connectivity index (χ2n) is 14.7. The second kappa shape index (κ2) is 46.2. The fourth-order valence-corrected chi connectivity index (χ4v) is 5.95. The zero-order valence-corrected chi connectivity index (χ0v) is 36.1. The van der Waals surface area contributed by atoms with E-state index in [1.165, 1.54) is 64.2 Å². The monoisotopic (exact) mass is 772 g/mol. The van der Waals surface area contributed by atoms with Crippen molar-refractivity contribution in [2.45, 2.75) is 193 Å². The van der Waals surface area contributed by atoms with Crippen LogP contribution in [-0.2, 0) is 4.79 Å². The number of unbranched alkanes of at least 4 members (excludes halogenated alkanes) is 14. The van der Waals surface area contributed by atoms with Gasteiger partial charge in [0.25, 0.3) is 0 Å². The first-order valence-corrected chi connectivity index (χ1v) is 22.7. The fraction of sp³-hybridized carbons (Fsp3) is 0.596. The lowest BCUT2D eigenvalue weighted by Gasteiger charge is -2.19. The summed E-state index contributed by atoms with van der Waals surface area (Å²) in [4.78, 5) is 12.4. The van der Waals surface area contributed by atoms with Crippen molar-refractivity contribution < 1.29 is 15.0 Å². The molecule has 4 nitrogen and oxygen atoms in total. The zero-order valence-electron chi connectivity index (χ0n) is 36.1. The molecule has 0 aliphatic heterocycles. The number of amides is 1. The number of hydrogen-bond donors (Lipinski definition) is 3. The van der Waals surface area contributed by atoms with Crippen LogP contribution >= 0.6 is 0 Å². The summed E-state index contributed by atoms with van der Waals surface area (Å²) in [5, 5.41) is 23.0. The van der Waals surface area contributed by atoms with Crippen molar-refractivity contribution in [3.05, 3.63) is 122 Å². The van der Waals surface area contributed by atoms with Gasteiger partial charge in [-0.2, -0.15) is 0 Å². The zero-order chi connectivity index (χ0) is 40.7. The predicted molar refractivity (Wildman–Crippen MR) is 248 cm³/mol.